The van der Waals surface area contributed by atoms with Crippen LogP contribution in [0.15, 0.2) is 57.7 Å². The van der Waals surface area contributed by atoms with Gasteiger partial charge in [-0.15, -0.1) is 0 Å². The largest absolute Gasteiger partial charge is 0.508 e. The van der Waals surface area contributed by atoms with Gasteiger partial charge >= 0.3 is 5.63 Å². The Hall–Kier alpha value is -3.08. The Balaban J connectivity index is 2.30. The Bertz CT molecular complexity index is 973. The van der Waals surface area contributed by atoms with Gasteiger partial charge in [0.25, 0.3) is 0 Å². The highest BCUT2D eigenvalue weighted by Crippen LogP contribution is 2.37. The van der Waals surface area contributed by atoms with Crippen molar-refractivity contribution in [1.29, 1.82) is 0 Å². The first-order valence-corrected chi connectivity index (χ1v) is 7.89. The number of hydrogen-bond donors (Lipinski definition) is 1. The van der Waals surface area contributed by atoms with Crippen LogP contribution < -0.4 is 10.4 Å². The molecular weight excluding hydrogens is 320 g/mol. The summed E-state index contributed by atoms with van der Waals surface area (Å²) in [6.45, 7) is 1.49. The molecule has 0 saturated heterocycles. The third-order valence-corrected chi connectivity index (χ3v) is 4.12. The number of phenols is 1. The van der Waals surface area contributed by atoms with E-state index >= 15 is 0 Å². The van der Waals surface area contributed by atoms with Gasteiger partial charge in [0.05, 0.1) is 18.1 Å². The minimum Gasteiger partial charge on any atom is -0.508 e. The molecule has 0 aliphatic heterocycles. The van der Waals surface area contributed by atoms with E-state index in [0.29, 0.717) is 16.7 Å². The minimum atomic E-state index is -0.579. The Labute approximate surface area is 144 Å². The quantitative estimate of drug-likeness (QED) is 0.719. The van der Waals surface area contributed by atoms with Crippen molar-refractivity contribution < 1.29 is 19.1 Å². The van der Waals surface area contributed by atoms with Crippen LogP contribution in [0.3, 0.4) is 0 Å². The molecule has 5 nitrogen and oxygen atoms in total. The fourth-order valence-electron chi connectivity index (χ4n) is 3.06. The Morgan fingerprint density at radius 3 is 2.56 bits per heavy atom. The molecule has 0 aliphatic carbocycles. The molecule has 0 saturated carbocycles. The van der Waals surface area contributed by atoms with E-state index in [2.05, 4.69) is 0 Å². The van der Waals surface area contributed by atoms with Crippen molar-refractivity contribution in [3.63, 3.8) is 0 Å². The Kier molecular flexibility index (Phi) is 4.57. The van der Waals surface area contributed by atoms with Crippen molar-refractivity contribution >= 4 is 16.8 Å². The average Bonchev–Trinajstić information content (AvgIpc) is 2.59. The van der Waals surface area contributed by atoms with Gasteiger partial charge in [-0.3, -0.25) is 4.79 Å². The predicted molar refractivity (Wildman–Crippen MR) is 94.3 cm³/mol. The normalized spacial score (nSPS) is 12.1. The number of benzene rings is 2. The van der Waals surface area contributed by atoms with E-state index in [0.717, 1.165) is 5.56 Å². The summed E-state index contributed by atoms with van der Waals surface area (Å²) in [5.74, 6) is -0.153. The van der Waals surface area contributed by atoms with Crippen LogP contribution in [0.25, 0.3) is 11.0 Å². The summed E-state index contributed by atoms with van der Waals surface area (Å²) < 4.78 is 10.9. The number of Topliss-reactive ketones (excluding diaryl/α,β-unsaturated/α-hetero) is 1. The zero-order valence-corrected chi connectivity index (χ0v) is 14.0. The fraction of sp³-hybridized carbons (Fsp3) is 0.200. The van der Waals surface area contributed by atoms with E-state index in [1.54, 1.807) is 6.07 Å². The molecular formula is C20H18O5. The number of ether oxygens (including phenoxy) is 1. The molecule has 0 bridgehead atoms. The Morgan fingerprint density at radius 2 is 1.92 bits per heavy atom. The van der Waals surface area contributed by atoms with Crippen molar-refractivity contribution in [3.8, 4) is 11.5 Å². The first kappa shape index (κ1) is 16.8. The fourth-order valence-corrected chi connectivity index (χ4v) is 3.06. The second kappa shape index (κ2) is 6.81. The van der Waals surface area contributed by atoms with Crippen LogP contribution in [-0.4, -0.2) is 18.0 Å². The number of aromatic hydroxyl groups is 1. The lowest BCUT2D eigenvalue weighted by molar-refractivity contribution is -0.117. The molecule has 2 aromatic carbocycles. The molecule has 128 valence electrons. The van der Waals surface area contributed by atoms with Crippen LogP contribution in [0.1, 0.15) is 30.4 Å². The van der Waals surface area contributed by atoms with Crippen LogP contribution in [-0.2, 0) is 4.79 Å². The molecule has 0 fully saturated rings. The summed E-state index contributed by atoms with van der Waals surface area (Å²) in [5.41, 5.74) is 0.800. The zero-order valence-electron chi connectivity index (χ0n) is 14.0. The van der Waals surface area contributed by atoms with Crippen molar-refractivity contribution in [2.45, 2.75) is 19.3 Å². The van der Waals surface area contributed by atoms with Gasteiger partial charge in [0.15, 0.2) is 0 Å². The van der Waals surface area contributed by atoms with Crippen molar-refractivity contribution in [1.82, 2.24) is 0 Å². The van der Waals surface area contributed by atoms with E-state index in [4.69, 9.17) is 9.15 Å². The lowest BCUT2D eigenvalue weighted by Gasteiger charge is -2.19. The molecule has 0 aliphatic rings. The molecule has 0 radical (unpaired) electrons. The first-order valence-electron chi connectivity index (χ1n) is 7.89. The average molecular weight is 338 g/mol. The number of carbonyl (C=O) groups is 1. The number of phenolic OH excluding ortho intramolecular Hbond substituents is 1. The Morgan fingerprint density at radius 1 is 1.20 bits per heavy atom. The molecule has 5 heteroatoms. The SMILES string of the molecule is COc1c([C@H](CC(C)=O)c2ccccc2)c(=O)oc2cc(O)ccc12. The maximum Gasteiger partial charge on any atom is 0.343 e. The van der Waals surface area contributed by atoms with Gasteiger partial charge in [-0.05, 0) is 24.6 Å². The number of hydrogen-bond acceptors (Lipinski definition) is 5. The van der Waals surface area contributed by atoms with Gasteiger partial charge in [-0.25, -0.2) is 4.79 Å². The second-order valence-corrected chi connectivity index (χ2v) is 5.89. The topological polar surface area (TPSA) is 76.7 Å². The van der Waals surface area contributed by atoms with Crippen molar-refractivity contribution in [3.05, 3.63) is 70.1 Å². The summed E-state index contributed by atoms with van der Waals surface area (Å²) in [6.07, 6.45) is 0.161. The molecule has 1 atom stereocenters. The summed E-state index contributed by atoms with van der Waals surface area (Å²) in [4.78, 5) is 24.5. The zero-order chi connectivity index (χ0) is 18.0. The molecule has 1 aromatic heterocycles. The van der Waals surface area contributed by atoms with Crippen LogP contribution in [0.5, 0.6) is 11.5 Å². The molecule has 25 heavy (non-hydrogen) atoms. The van der Waals surface area contributed by atoms with Crippen LogP contribution in [0, 0.1) is 0 Å². The highest BCUT2D eigenvalue weighted by atomic mass is 16.5. The highest BCUT2D eigenvalue weighted by Gasteiger charge is 2.26. The number of rotatable bonds is 5. The van der Waals surface area contributed by atoms with Crippen LogP contribution in [0.2, 0.25) is 0 Å². The van der Waals surface area contributed by atoms with Gasteiger partial charge in [0, 0.05) is 18.4 Å². The van der Waals surface area contributed by atoms with Crippen molar-refractivity contribution in [2.24, 2.45) is 0 Å². The molecule has 3 rings (SSSR count). The van der Waals surface area contributed by atoms with Gasteiger partial charge < -0.3 is 14.3 Å². The lowest BCUT2D eigenvalue weighted by Crippen LogP contribution is -2.18. The second-order valence-electron chi connectivity index (χ2n) is 5.89. The summed E-state index contributed by atoms with van der Waals surface area (Å²) in [6, 6.07) is 13.8. The minimum absolute atomic E-state index is 0.00574. The summed E-state index contributed by atoms with van der Waals surface area (Å²) in [5, 5.41) is 10.2. The third-order valence-electron chi connectivity index (χ3n) is 4.12. The molecule has 1 N–H and O–H groups in total. The molecule has 3 aromatic rings. The summed E-state index contributed by atoms with van der Waals surface area (Å²) in [7, 11) is 1.47. The number of fused-ring (bicyclic) bond motifs is 1. The van der Waals surface area contributed by atoms with E-state index in [-0.39, 0.29) is 23.5 Å². The predicted octanol–water partition coefficient (Wildman–Crippen LogP) is 3.62. The monoisotopic (exact) mass is 338 g/mol. The number of methoxy groups -OCH3 is 1. The van der Waals surface area contributed by atoms with E-state index in [1.807, 2.05) is 30.3 Å². The third kappa shape index (κ3) is 3.26. The molecule has 0 amide bonds. The van der Waals surface area contributed by atoms with E-state index in [1.165, 1.54) is 26.2 Å². The first-order chi connectivity index (χ1) is 12.0. The number of ketones is 1. The maximum absolute atomic E-state index is 12.7. The highest BCUT2D eigenvalue weighted by molar-refractivity contribution is 5.86. The summed E-state index contributed by atoms with van der Waals surface area (Å²) >= 11 is 0. The van der Waals surface area contributed by atoms with Gasteiger partial charge in [0.2, 0.25) is 0 Å². The molecule has 1 heterocycles. The molecule has 0 spiro atoms. The van der Waals surface area contributed by atoms with Crippen LogP contribution >= 0.6 is 0 Å². The van der Waals surface area contributed by atoms with Gasteiger partial charge in [-0.1, -0.05) is 30.3 Å². The van der Waals surface area contributed by atoms with Crippen molar-refractivity contribution in [2.75, 3.05) is 7.11 Å². The standard InChI is InChI=1S/C20H18O5/c1-12(21)10-16(13-6-4-3-5-7-13)18-19(24-2)15-9-8-14(22)11-17(15)25-20(18)23/h3-9,11,16,22H,10H2,1-2H3/t16-/m1/s1. The van der Waals surface area contributed by atoms with Gasteiger partial charge in [0.1, 0.15) is 22.9 Å². The molecule has 0 unspecified atom stereocenters. The van der Waals surface area contributed by atoms with E-state index in [9.17, 15) is 14.7 Å². The number of carbonyl (C=O) groups excluding carboxylic acids is 1. The lowest BCUT2D eigenvalue weighted by atomic mass is 9.87. The van der Waals surface area contributed by atoms with E-state index < -0.39 is 11.5 Å². The maximum atomic E-state index is 12.7. The van der Waals surface area contributed by atoms with Gasteiger partial charge in [-0.2, -0.15) is 0 Å². The smallest absolute Gasteiger partial charge is 0.343 e. The van der Waals surface area contributed by atoms with Crippen LogP contribution in [0.4, 0.5) is 0 Å².